The highest BCUT2D eigenvalue weighted by atomic mass is 35.5. The first-order valence-corrected chi connectivity index (χ1v) is 10.7. The number of primary amides is 1. The van der Waals surface area contributed by atoms with Crippen LogP contribution in [0, 0.1) is 5.82 Å². The number of amides is 3. The van der Waals surface area contributed by atoms with E-state index in [-0.39, 0.29) is 17.4 Å². The van der Waals surface area contributed by atoms with Crippen LogP contribution in [0.15, 0.2) is 48.7 Å². The van der Waals surface area contributed by atoms with E-state index in [1.807, 2.05) is 6.07 Å². The first kappa shape index (κ1) is 22.6. The van der Waals surface area contributed by atoms with Crippen LogP contribution in [0.25, 0.3) is 5.69 Å². The number of carbonyl (C=O) groups is 2. The third-order valence-electron chi connectivity index (χ3n) is 5.67. The first-order valence-electron chi connectivity index (χ1n) is 10.3. The summed E-state index contributed by atoms with van der Waals surface area (Å²) < 4.78 is 21.7. The number of ether oxygens (including phenoxy) is 1. The Kier molecular flexibility index (Phi) is 5.99. The van der Waals surface area contributed by atoms with Gasteiger partial charge in [-0.2, -0.15) is 0 Å². The van der Waals surface area contributed by atoms with Crippen molar-refractivity contribution < 1.29 is 18.7 Å². The molecule has 4 rings (SSSR count). The molecule has 0 unspecified atom stereocenters. The molecule has 4 N–H and O–H groups in total. The van der Waals surface area contributed by atoms with Crippen molar-refractivity contribution in [3.63, 3.8) is 0 Å². The number of nitrogens with one attached hydrogen (secondary N) is 2. The lowest BCUT2D eigenvalue weighted by Gasteiger charge is -2.27. The number of nitrogens with two attached hydrogens (primary N) is 1. The topological polar surface area (TPSA) is 111 Å². The maximum atomic E-state index is 14.7. The number of anilines is 1. The van der Waals surface area contributed by atoms with E-state index in [1.54, 1.807) is 44.3 Å². The minimum atomic E-state index is -1.15. The van der Waals surface area contributed by atoms with Gasteiger partial charge in [0.1, 0.15) is 11.6 Å². The average Bonchev–Trinajstić information content (AvgIpc) is 3.22. The van der Waals surface area contributed by atoms with Crippen molar-refractivity contribution in [3.8, 4) is 11.4 Å². The number of carbonyl (C=O) groups excluding carboxylic acids is 2. The largest absolute Gasteiger partial charge is 0.492 e. The normalized spacial score (nSPS) is 15.3. The number of hydrogen-bond acceptors (Lipinski definition) is 4. The zero-order valence-corrected chi connectivity index (χ0v) is 18.8. The average molecular weight is 472 g/mol. The van der Waals surface area contributed by atoms with Gasteiger partial charge in [-0.15, -0.1) is 5.10 Å². The number of rotatable bonds is 5. The Morgan fingerprint density at radius 1 is 1.27 bits per heavy atom. The molecule has 2 heterocycles. The fourth-order valence-corrected chi connectivity index (χ4v) is 3.90. The molecule has 0 spiro atoms. The van der Waals surface area contributed by atoms with E-state index >= 15 is 0 Å². The van der Waals surface area contributed by atoms with Crippen LogP contribution in [0.3, 0.4) is 0 Å². The fourth-order valence-electron chi connectivity index (χ4n) is 3.67. The van der Waals surface area contributed by atoms with Gasteiger partial charge in [-0.05, 0) is 32.0 Å². The molecule has 0 bridgehead atoms. The van der Waals surface area contributed by atoms with Gasteiger partial charge in [0.15, 0.2) is 5.82 Å². The summed E-state index contributed by atoms with van der Waals surface area (Å²) in [5.74, 6) is -0.339. The molecule has 1 aliphatic heterocycles. The van der Waals surface area contributed by atoms with Gasteiger partial charge in [0.25, 0.3) is 0 Å². The zero-order valence-electron chi connectivity index (χ0n) is 18.1. The fraction of sp³-hybridized carbons (Fsp3) is 0.261. The third kappa shape index (κ3) is 4.49. The predicted octanol–water partition coefficient (Wildman–Crippen LogP) is 4.07. The van der Waals surface area contributed by atoms with Crippen molar-refractivity contribution in [2.24, 2.45) is 5.73 Å². The standard InChI is InChI=1S/C23H23ClFN5O3/c1-23(2,21(26)31)15-7-6-13(12-17(15)25)30-10-8-19(29-30)28-22(32)27-18-9-11-33-20-14(18)4-3-5-16(20)24/h3-8,10,12,18H,9,11H2,1-2H3,(H2,26,31)(H2,27,28,29,32)/t18-/m0/s1. The lowest BCUT2D eigenvalue weighted by atomic mass is 9.83. The highest BCUT2D eigenvalue weighted by molar-refractivity contribution is 6.32. The second-order valence-electron chi connectivity index (χ2n) is 8.25. The summed E-state index contributed by atoms with van der Waals surface area (Å²) in [4.78, 5) is 24.2. The number of urea groups is 1. The molecule has 10 heteroatoms. The number of nitrogens with zero attached hydrogens (tertiary/aromatic N) is 2. The molecule has 3 aromatic rings. The molecule has 1 aromatic heterocycles. The van der Waals surface area contributed by atoms with Crippen molar-refractivity contribution in [2.75, 3.05) is 11.9 Å². The molecule has 1 atom stereocenters. The molecule has 172 valence electrons. The van der Waals surface area contributed by atoms with Crippen molar-refractivity contribution in [1.29, 1.82) is 0 Å². The quantitative estimate of drug-likeness (QED) is 0.520. The summed E-state index contributed by atoms with van der Waals surface area (Å²) >= 11 is 6.18. The van der Waals surface area contributed by atoms with Crippen LogP contribution in [0.1, 0.15) is 37.4 Å². The van der Waals surface area contributed by atoms with Gasteiger partial charge in [0.05, 0.1) is 28.8 Å². The van der Waals surface area contributed by atoms with E-state index < -0.39 is 23.2 Å². The van der Waals surface area contributed by atoms with E-state index in [0.717, 1.165) is 5.56 Å². The lowest BCUT2D eigenvalue weighted by Crippen LogP contribution is -2.36. The van der Waals surface area contributed by atoms with Gasteiger partial charge in [-0.1, -0.05) is 29.8 Å². The Morgan fingerprint density at radius 3 is 2.79 bits per heavy atom. The highest BCUT2D eigenvalue weighted by Crippen LogP contribution is 2.37. The van der Waals surface area contributed by atoms with Crippen LogP contribution < -0.4 is 21.1 Å². The Hall–Kier alpha value is -3.59. The highest BCUT2D eigenvalue weighted by Gasteiger charge is 2.30. The number of hydrogen-bond donors (Lipinski definition) is 3. The Labute approximate surface area is 194 Å². The van der Waals surface area contributed by atoms with Crippen LogP contribution in [-0.4, -0.2) is 28.3 Å². The molecular formula is C23H23ClFN5O3. The van der Waals surface area contributed by atoms with E-state index in [9.17, 15) is 14.0 Å². The lowest BCUT2D eigenvalue weighted by molar-refractivity contribution is -0.122. The molecule has 0 fully saturated rings. The smallest absolute Gasteiger partial charge is 0.320 e. The maximum absolute atomic E-state index is 14.7. The third-order valence-corrected chi connectivity index (χ3v) is 5.97. The summed E-state index contributed by atoms with van der Waals surface area (Å²) in [7, 11) is 0. The SMILES string of the molecule is CC(C)(C(N)=O)c1ccc(-n2ccc(NC(=O)N[C@H]3CCOc4c(Cl)cccc43)n2)cc1F. The van der Waals surface area contributed by atoms with Gasteiger partial charge >= 0.3 is 6.03 Å². The van der Waals surface area contributed by atoms with Crippen LogP contribution in [0.4, 0.5) is 15.0 Å². The van der Waals surface area contributed by atoms with Crippen molar-refractivity contribution in [2.45, 2.75) is 31.7 Å². The molecule has 1 aliphatic rings. The van der Waals surface area contributed by atoms with Crippen molar-refractivity contribution >= 4 is 29.4 Å². The summed E-state index contributed by atoms with van der Waals surface area (Å²) in [5.41, 5.74) is 5.67. The predicted molar refractivity (Wildman–Crippen MR) is 122 cm³/mol. The summed E-state index contributed by atoms with van der Waals surface area (Å²) in [6, 6.07) is 10.7. The second kappa shape index (κ2) is 8.74. The summed E-state index contributed by atoms with van der Waals surface area (Å²) in [5, 5.41) is 10.4. The Bertz CT molecular complexity index is 1230. The molecular weight excluding hydrogens is 449 g/mol. The van der Waals surface area contributed by atoms with Gasteiger partial charge in [0.2, 0.25) is 5.91 Å². The van der Waals surface area contributed by atoms with Crippen molar-refractivity contribution in [3.05, 3.63) is 70.6 Å². The summed E-state index contributed by atoms with van der Waals surface area (Å²) in [6.07, 6.45) is 2.19. The first-order chi connectivity index (χ1) is 15.7. The van der Waals surface area contributed by atoms with Gasteiger partial charge in [0, 0.05) is 29.8 Å². The molecule has 0 radical (unpaired) electrons. The van der Waals surface area contributed by atoms with E-state index in [2.05, 4.69) is 15.7 Å². The number of halogens is 2. The number of benzene rings is 2. The van der Waals surface area contributed by atoms with Gasteiger partial charge < -0.3 is 15.8 Å². The Balaban J connectivity index is 1.46. The number of fused-ring (bicyclic) bond motifs is 1. The number of aromatic nitrogens is 2. The van der Waals surface area contributed by atoms with Gasteiger partial charge in [-0.25, -0.2) is 13.9 Å². The van der Waals surface area contributed by atoms with E-state index in [4.69, 9.17) is 22.1 Å². The Morgan fingerprint density at radius 2 is 2.06 bits per heavy atom. The minimum absolute atomic E-state index is 0.195. The van der Waals surface area contributed by atoms with Crippen molar-refractivity contribution in [1.82, 2.24) is 15.1 Å². The molecule has 0 saturated carbocycles. The molecule has 0 saturated heterocycles. The summed E-state index contributed by atoms with van der Waals surface area (Å²) in [6.45, 7) is 3.56. The number of para-hydroxylation sites is 1. The minimum Gasteiger partial charge on any atom is -0.492 e. The van der Waals surface area contributed by atoms with Crippen LogP contribution in [0.5, 0.6) is 5.75 Å². The molecule has 33 heavy (non-hydrogen) atoms. The van der Waals surface area contributed by atoms with E-state index in [0.29, 0.717) is 29.5 Å². The molecule has 8 nitrogen and oxygen atoms in total. The molecule has 0 aliphatic carbocycles. The van der Waals surface area contributed by atoms with Gasteiger partial charge in [-0.3, -0.25) is 10.1 Å². The zero-order chi connectivity index (χ0) is 23.8. The van der Waals surface area contributed by atoms with Crippen LogP contribution >= 0.6 is 11.6 Å². The second-order valence-corrected chi connectivity index (χ2v) is 8.65. The van der Waals surface area contributed by atoms with E-state index in [1.165, 1.54) is 16.8 Å². The maximum Gasteiger partial charge on any atom is 0.320 e. The van der Waals surface area contributed by atoms with Crippen LogP contribution in [0.2, 0.25) is 5.02 Å². The van der Waals surface area contributed by atoms with Crippen LogP contribution in [-0.2, 0) is 10.2 Å². The molecule has 3 amide bonds. The molecule has 2 aromatic carbocycles. The monoisotopic (exact) mass is 471 g/mol.